The van der Waals surface area contributed by atoms with Crippen molar-refractivity contribution in [2.45, 2.75) is 45.1 Å². The quantitative estimate of drug-likeness (QED) is 0.823. The first-order valence-electron chi connectivity index (χ1n) is 7.14. The maximum Gasteiger partial charge on any atom is 0.0359 e. The van der Waals surface area contributed by atoms with E-state index < -0.39 is 0 Å². The first kappa shape index (κ1) is 11.7. The lowest BCUT2D eigenvalue weighted by atomic mass is 9.81. The maximum atomic E-state index is 3.81. The van der Waals surface area contributed by atoms with Gasteiger partial charge < -0.3 is 5.32 Å². The molecule has 0 aliphatic heterocycles. The SMILES string of the molecule is CCCNC(c1ccsc1)C1CC2CCC1C2. The Morgan fingerprint density at radius 2 is 2.35 bits per heavy atom. The fourth-order valence-electron chi connectivity index (χ4n) is 3.97. The highest BCUT2D eigenvalue weighted by molar-refractivity contribution is 7.07. The zero-order valence-electron chi connectivity index (χ0n) is 10.7. The molecule has 1 aromatic heterocycles. The Morgan fingerprint density at radius 3 is 2.94 bits per heavy atom. The second kappa shape index (κ2) is 5.11. The van der Waals surface area contributed by atoms with Gasteiger partial charge in [-0.15, -0.1) is 0 Å². The van der Waals surface area contributed by atoms with E-state index in [1.807, 2.05) is 11.3 Å². The average molecular weight is 249 g/mol. The Morgan fingerprint density at radius 1 is 1.41 bits per heavy atom. The van der Waals surface area contributed by atoms with Gasteiger partial charge in [-0.05, 0) is 72.4 Å². The van der Waals surface area contributed by atoms with E-state index in [2.05, 4.69) is 29.1 Å². The molecule has 0 aromatic carbocycles. The van der Waals surface area contributed by atoms with Gasteiger partial charge in [0.05, 0.1) is 0 Å². The molecule has 2 fully saturated rings. The maximum absolute atomic E-state index is 3.81. The third-order valence-corrected chi connectivity index (χ3v) is 5.44. The van der Waals surface area contributed by atoms with Crippen LogP contribution in [0.15, 0.2) is 16.8 Å². The van der Waals surface area contributed by atoms with Crippen LogP contribution < -0.4 is 5.32 Å². The molecule has 4 unspecified atom stereocenters. The van der Waals surface area contributed by atoms with Crippen LogP contribution in [0.2, 0.25) is 0 Å². The van der Waals surface area contributed by atoms with Gasteiger partial charge in [-0.2, -0.15) is 11.3 Å². The van der Waals surface area contributed by atoms with Crippen LogP contribution in [0.4, 0.5) is 0 Å². The summed E-state index contributed by atoms with van der Waals surface area (Å²) in [5.74, 6) is 2.97. The summed E-state index contributed by atoms with van der Waals surface area (Å²) < 4.78 is 0. The Labute approximate surface area is 109 Å². The third-order valence-electron chi connectivity index (χ3n) is 4.74. The number of nitrogens with one attached hydrogen (secondary N) is 1. The summed E-state index contributed by atoms with van der Waals surface area (Å²) in [5.41, 5.74) is 1.54. The van der Waals surface area contributed by atoms with Crippen LogP contribution in [0, 0.1) is 17.8 Å². The molecule has 0 amide bonds. The summed E-state index contributed by atoms with van der Waals surface area (Å²) >= 11 is 1.84. The van der Waals surface area contributed by atoms with Gasteiger partial charge in [-0.3, -0.25) is 0 Å². The molecule has 94 valence electrons. The highest BCUT2D eigenvalue weighted by atomic mass is 32.1. The van der Waals surface area contributed by atoms with E-state index in [1.54, 1.807) is 5.56 Å². The van der Waals surface area contributed by atoms with Crippen LogP contribution in [-0.4, -0.2) is 6.54 Å². The van der Waals surface area contributed by atoms with Crippen molar-refractivity contribution in [3.05, 3.63) is 22.4 Å². The molecule has 4 atom stereocenters. The number of hydrogen-bond acceptors (Lipinski definition) is 2. The van der Waals surface area contributed by atoms with Gasteiger partial charge in [-0.25, -0.2) is 0 Å². The second-order valence-corrected chi connectivity index (χ2v) is 6.61. The van der Waals surface area contributed by atoms with Gasteiger partial charge in [-0.1, -0.05) is 13.3 Å². The zero-order chi connectivity index (χ0) is 11.7. The predicted molar refractivity (Wildman–Crippen MR) is 74.3 cm³/mol. The van der Waals surface area contributed by atoms with Crippen molar-refractivity contribution in [2.75, 3.05) is 6.54 Å². The van der Waals surface area contributed by atoms with Crippen molar-refractivity contribution >= 4 is 11.3 Å². The van der Waals surface area contributed by atoms with E-state index in [4.69, 9.17) is 0 Å². The largest absolute Gasteiger partial charge is 0.310 e. The molecule has 0 saturated heterocycles. The molecule has 1 nitrogen and oxygen atoms in total. The highest BCUT2D eigenvalue weighted by Gasteiger charge is 2.43. The molecule has 0 radical (unpaired) electrons. The predicted octanol–water partition coefficient (Wildman–Crippen LogP) is 4.23. The van der Waals surface area contributed by atoms with Crippen molar-refractivity contribution < 1.29 is 0 Å². The molecule has 1 N–H and O–H groups in total. The molecule has 2 saturated carbocycles. The molecular weight excluding hydrogens is 226 g/mol. The standard InChI is InChI=1S/C15H23NS/c1-2-6-16-15(13-5-7-17-10-13)14-9-11-3-4-12(14)8-11/h5,7,10-12,14-16H,2-4,6,8-9H2,1H3. The zero-order valence-corrected chi connectivity index (χ0v) is 11.5. The van der Waals surface area contributed by atoms with Crippen molar-refractivity contribution in [1.82, 2.24) is 5.32 Å². The minimum atomic E-state index is 0.636. The average Bonchev–Trinajstić information content (AvgIpc) is 3.06. The Hall–Kier alpha value is -0.340. The molecule has 2 aliphatic carbocycles. The van der Waals surface area contributed by atoms with E-state index in [0.717, 1.165) is 24.3 Å². The molecule has 2 heteroatoms. The monoisotopic (exact) mass is 249 g/mol. The summed E-state index contributed by atoms with van der Waals surface area (Å²) in [7, 11) is 0. The van der Waals surface area contributed by atoms with Gasteiger partial charge in [0.2, 0.25) is 0 Å². The van der Waals surface area contributed by atoms with E-state index in [0.29, 0.717) is 6.04 Å². The molecular formula is C15H23NS. The van der Waals surface area contributed by atoms with Gasteiger partial charge >= 0.3 is 0 Å². The molecule has 17 heavy (non-hydrogen) atoms. The minimum absolute atomic E-state index is 0.636. The van der Waals surface area contributed by atoms with E-state index >= 15 is 0 Å². The first-order valence-corrected chi connectivity index (χ1v) is 8.08. The van der Waals surface area contributed by atoms with Crippen LogP contribution in [0.25, 0.3) is 0 Å². The normalized spacial score (nSPS) is 33.1. The van der Waals surface area contributed by atoms with Crippen molar-refractivity contribution in [3.8, 4) is 0 Å². The molecule has 0 spiro atoms. The van der Waals surface area contributed by atoms with Crippen LogP contribution in [0.1, 0.15) is 50.6 Å². The third kappa shape index (κ3) is 2.30. The Bertz CT molecular complexity index is 346. The smallest absolute Gasteiger partial charge is 0.0359 e. The second-order valence-electron chi connectivity index (χ2n) is 5.83. The van der Waals surface area contributed by atoms with E-state index in [1.165, 1.54) is 32.1 Å². The Balaban J connectivity index is 1.74. The number of rotatable bonds is 5. The minimum Gasteiger partial charge on any atom is -0.310 e. The lowest BCUT2D eigenvalue weighted by Crippen LogP contribution is -2.31. The first-order chi connectivity index (χ1) is 8.38. The molecule has 2 bridgehead atoms. The fraction of sp³-hybridized carbons (Fsp3) is 0.733. The summed E-state index contributed by atoms with van der Waals surface area (Å²) in [6.07, 6.45) is 7.22. The van der Waals surface area contributed by atoms with Crippen LogP contribution in [0.3, 0.4) is 0 Å². The van der Waals surface area contributed by atoms with Crippen molar-refractivity contribution in [2.24, 2.45) is 17.8 Å². The summed E-state index contributed by atoms with van der Waals surface area (Å²) in [6.45, 7) is 3.42. The fourth-order valence-corrected chi connectivity index (χ4v) is 4.67. The summed E-state index contributed by atoms with van der Waals surface area (Å²) in [5, 5.41) is 8.38. The molecule has 1 aromatic rings. The summed E-state index contributed by atoms with van der Waals surface area (Å²) in [4.78, 5) is 0. The van der Waals surface area contributed by atoms with E-state index in [9.17, 15) is 0 Å². The van der Waals surface area contributed by atoms with Gasteiger partial charge in [0, 0.05) is 6.04 Å². The van der Waals surface area contributed by atoms with Gasteiger partial charge in [0.1, 0.15) is 0 Å². The lowest BCUT2D eigenvalue weighted by molar-refractivity contribution is 0.251. The molecule has 3 rings (SSSR count). The van der Waals surface area contributed by atoms with Crippen molar-refractivity contribution in [1.29, 1.82) is 0 Å². The highest BCUT2D eigenvalue weighted by Crippen LogP contribution is 2.52. The van der Waals surface area contributed by atoms with Crippen molar-refractivity contribution in [3.63, 3.8) is 0 Å². The number of fused-ring (bicyclic) bond motifs is 2. The van der Waals surface area contributed by atoms with Gasteiger partial charge in [0.25, 0.3) is 0 Å². The van der Waals surface area contributed by atoms with Gasteiger partial charge in [0.15, 0.2) is 0 Å². The molecule has 1 heterocycles. The number of hydrogen-bond donors (Lipinski definition) is 1. The topological polar surface area (TPSA) is 12.0 Å². The van der Waals surface area contributed by atoms with E-state index in [-0.39, 0.29) is 0 Å². The lowest BCUT2D eigenvalue weighted by Gasteiger charge is -2.31. The molecule has 2 aliphatic rings. The van der Waals surface area contributed by atoms with Crippen LogP contribution in [0.5, 0.6) is 0 Å². The van der Waals surface area contributed by atoms with Crippen LogP contribution in [-0.2, 0) is 0 Å². The number of thiophene rings is 1. The van der Waals surface area contributed by atoms with Crippen LogP contribution >= 0.6 is 11.3 Å². The summed E-state index contributed by atoms with van der Waals surface area (Å²) in [6, 6.07) is 2.96. The Kier molecular flexibility index (Phi) is 3.53.